The SMILES string of the molecule is O=C(OCCCOC(=O)c1ccc(O)cc1)c1ccc(O)cc1. The zero-order valence-electron chi connectivity index (χ0n) is 12.3. The molecule has 0 aliphatic carbocycles. The summed E-state index contributed by atoms with van der Waals surface area (Å²) in [4.78, 5) is 23.3. The molecular weight excluding hydrogens is 300 g/mol. The van der Waals surface area contributed by atoms with Crippen LogP contribution in [0.25, 0.3) is 0 Å². The second-order valence-corrected chi connectivity index (χ2v) is 4.72. The molecule has 0 heterocycles. The van der Waals surface area contributed by atoms with E-state index >= 15 is 0 Å². The Morgan fingerprint density at radius 3 is 1.39 bits per heavy atom. The van der Waals surface area contributed by atoms with Crippen LogP contribution in [0.3, 0.4) is 0 Å². The van der Waals surface area contributed by atoms with E-state index in [4.69, 9.17) is 19.7 Å². The largest absolute Gasteiger partial charge is 0.508 e. The fourth-order valence-corrected chi connectivity index (χ4v) is 1.75. The van der Waals surface area contributed by atoms with Crippen LogP contribution in [0.5, 0.6) is 11.5 Å². The molecule has 23 heavy (non-hydrogen) atoms. The first-order valence-corrected chi connectivity index (χ1v) is 6.98. The number of carbonyl (C=O) groups is 2. The first-order valence-electron chi connectivity index (χ1n) is 6.98. The molecule has 0 saturated carbocycles. The predicted molar refractivity (Wildman–Crippen MR) is 81.4 cm³/mol. The molecule has 0 bridgehead atoms. The molecule has 0 unspecified atom stereocenters. The summed E-state index contributed by atoms with van der Waals surface area (Å²) < 4.78 is 10.1. The van der Waals surface area contributed by atoms with Gasteiger partial charge in [0.2, 0.25) is 0 Å². The number of aromatic hydroxyl groups is 2. The van der Waals surface area contributed by atoms with Crippen LogP contribution in [0.2, 0.25) is 0 Å². The van der Waals surface area contributed by atoms with Crippen LogP contribution in [-0.2, 0) is 9.47 Å². The molecular formula is C17H16O6. The highest BCUT2D eigenvalue weighted by Crippen LogP contribution is 2.11. The Bertz CT molecular complexity index is 601. The molecule has 120 valence electrons. The maximum absolute atomic E-state index is 11.7. The van der Waals surface area contributed by atoms with E-state index in [0.29, 0.717) is 17.5 Å². The highest BCUT2D eigenvalue weighted by atomic mass is 16.5. The highest BCUT2D eigenvalue weighted by Gasteiger charge is 2.08. The first kappa shape index (κ1) is 16.4. The van der Waals surface area contributed by atoms with Crippen molar-refractivity contribution in [2.24, 2.45) is 0 Å². The van der Waals surface area contributed by atoms with E-state index in [2.05, 4.69) is 0 Å². The van der Waals surface area contributed by atoms with Crippen LogP contribution in [0.15, 0.2) is 48.5 Å². The molecule has 0 spiro atoms. The molecule has 0 aliphatic rings. The van der Waals surface area contributed by atoms with E-state index in [1.807, 2.05) is 0 Å². The number of esters is 2. The summed E-state index contributed by atoms with van der Waals surface area (Å²) in [5, 5.41) is 18.3. The lowest BCUT2D eigenvalue weighted by atomic mass is 10.2. The van der Waals surface area contributed by atoms with Crippen molar-refractivity contribution in [3.05, 3.63) is 59.7 Å². The van der Waals surface area contributed by atoms with Gasteiger partial charge < -0.3 is 19.7 Å². The van der Waals surface area contributed by atoms with Gasteiger partial charge in [0.1, 0.15) is 11.5 Å². The predicted octanol–water partition coefficient (Wildman–Crippen LogP) is 2.50. The molecule has 2 N–H and O–H groups in total. The van der Waals surface area contributed by atoms with Crippen LogP contribution in [0, 0.1) is 0 Å². The summed E-state index contributed by atoms with van der Waals surface area (Å²) in [5.74, 6) is -0.866. The number of hydrogen-bond acceptors (Lipinski definition) is 6. The molecule has 0 radical (unpaired) electrons. The van der Waals surface area contributed by atoms with Crippen molar-refractivity contribution in [3.63, 3.8) is 0 Å². The van der Waals surface area contributed by atoms with Crippen molar-refractivity contribution in [1.29, 1.82) is 0 Å². The number of hydrogen-bond donors (Lipinski definition) is 2. The maximum atomic E-state index is 11.7. The number of benzene rings is 2. The third kappa shape index (κ3) is 5.03. The van der Waals surface area contributed by atoms with Gasteiger partial charge in [-0.15, -0.1) is 0 Å². The summed E-state index contributed by atoms with van der Waals surface area (Å²) in [6.07, 6.45) is 0.369. The van der Waals surface area contributed by atoms with Gasteiger partial charge >= 0.3 is 11.9 Å². The molecule has 0 aromatic heterocycles. The molecule has 0 amide bonds. The minimum atomic E-state index is -0.505. The Kier molecular flexibility index (Phi) is 5.57. The molecule has 2 aromatic rings. The van der Waals surface area contributed by atoms with Crippen LogP contribution in [0.4, 0.5) is 0 Å². The average molecular weight is 316 g/mol. The Labute approximate surface area is 132 Å². The van der Waals surface area contributed by atoms with Gasteiger partial charge in [-0.1, -0.05) is 0 Å². The van der Waals surface area contributed by atoms with Crippen molar-refractivity contribution in [3.8, 4) is 11.5 Å². The second-order valence-electron chi connectivity index (χ2n) is 4.72. The molecule has 0 fully saturated rings. The van der Waals surface area contributed by atoms with Crippen molar-refractivity contribution in [2.75, 3.05) is 13.2 Å². The van der Waals surface area contributed by atoms with Crippen molar-refractivity contribution < 1.29 is 29.3 Å². The quantitative estimate of drug-likeness (QED) is 0.628. The number of ether oxygens (including phenoxy) is 2. The van der Waals surface area contributed by atoms with E-state index in [0.717, 1.165) is 0 Å². The minimum absolute atomic E-state index is 0.0719. The number of phenolic OH excluding ortho intramolecular Hbond substituents is 2. The van der Waals surface area contributed by atoms with Crippen LogP contribution < -0.4 is 0 Å². The lowest BCUT2D eigenvalue weighted by Gasteiger charge is -2.06. The third-order valence-electron chi connectivity index (χ3n) is 2.96. The third-order valence-corrected chi connectivity index (χ3v) is 2.96. The van der Waals surface area contributed by atoms with Crippen LogP contribution >= 0.6 is 0 Å². The average Bonchev–Trinajstić information content (AvgIpc) is 2.55. The molecule has 2 aromatic carbocycles. The van der Waals surface area contributed by atoms with Crippen LogP contribution in [0.1, 0.15) is 27.1 Å². The van der Waals surface area contributed by atoms with Crippen molar-refractivity contribution in [2.45, 2.75) is 6.42 Å². The summed E-state index contributed by atoms with van der Waals surface area (Å²) >= 11 is 0. The van der Waals surface area contributed by atoms with Gasteiger partial charge in [0.05, 0.1) is 24.3 Å². The molecule has 6 heteroatoms. The molecule has 0 saturated heterocycles. The summed E-state index contributed by atoms with van der Waals surface area (Å²) in [7, 11) is 0. The zero-order chi connectivity index (χ0) is 16.7. The number of carbonyl (C=O) groups excluding carboxylic acids is 2. The second kappa shape index (κ2) is 7.84. The summed E-state index contributed by atoms with van der Waals surface area (Å²) in [6.45, 7) is 0.227. The summed E-state index contributed by atoms with van der Waals surface area (Å²) in [5.41, 5.74) is 0.674. The van der Waals surface area contributed by atoms with Gasteiger partial charge in [-0.25, -0.2) is 9.59 Å². The van der Waals surface area contributed by atoms with Crippen molar-refractivity contribution >= 4 is 11.9 Å². The maximum Gasteiger partial charge on any atom is 0.338 e. The normalized spacial score (nSPS) is 10.1. The Morgan fingerprint density at radius 1 is 0.696 bits per heavy atom. The van der Waals surface area contributed by atoms with Gasteiger partial charge in [0.25, 0.3) is 0 Å². The topological polar surface area (TPSA) is 93.1 Å². The molecule has 0 aliphatic heterocycles. The van der Waals surface area contributed by atoms with E-state index in [1.165, 1.54) is 48.5 Å². The van der Waals surface area contributed by atoms with E-state index in [9.17, 15) is 9.59 Å². The van der Waals surface area contributed by atoms with Gasteiger partial charge in [0, 0.05) is 6.42 Å². The first-order chi connectivity index (χ1) is 11.1. The lowest BCUT2D eigenvalue weighted by molar-refractivity contribution is 0.0396. The Morgan fingerprint density at radius 2 is 1.04 bits per heavy atom. The van der Waals surface area contributed by atoms with E-state index in [1.54, 1.807) is 0 Å². The fraction of sp³-hybridized carbons (Fsp3) is 0.176. The van der Waals surface area contributed by atoms with Gasteiger partial charge in [-0.05, 0) is 48.5 Å². The Balaban J connectivity index is 1.67. The zero-order valence-corrected chi connectivity index (χ0v) is 12.3. The smallest absolute Gasteiger partial charge is 0.338 e. The highest BCUT2D eigenvalue weighted by molar-refractivity contribution is 5.90. The van der Waals surface area contributed by atoms with Gasteiger partial charge in [0.15, 0.2) is 0 Å². The molecule has 6 nitrogen and oxygen atoms in total. The molecule has 0 atom stereocenters. The Hall–Kier alpha value is -3.02. The monoisotopic (exact) mass is 316 g/mol. The standard InChI is InChI=1S/C17H16O6/c18-14-6-2-12(3-7-14)16(20)22-10-1-11-23-17(21)13-4-8-15(19)9-5-13/h2-9,18-19H,1,10-11H2. The van der Waals surface area contributed by atoms with Crippen LogP contribution in [-0.4, -0.2) is 35.4 Å². The lowest BCUT2D eigenvalue weighted by Crippen LogP contribution is -2.11. The van der Waals surface area contributed by atoms with Crippen molar-refractivity contribution in [1.82, 2.24) is 0 Å². The number of phenols is 2. The van der Waals surface area contributed by atoms with Gasteiger partial charge in [-0.3, -0.25) is 0 Å². The number of rotatable bonds is 6. The summed E-state index contributed by atoms with van der Waals surface area (Å²) in [6, 6.07) is 11.4. The molecule has 2 rings (SSSR count). The minimum Gasteiger partial charge on any atom is -0.508 e. The van der Waals surface area contributed by atoms with E-state index < -0.39 is 11.9 Å². The fourth-order valence-electron chi connectivity index (χ4n) is 1.75. The van der Waals surface area contributed by atoms with Gasteiger partial charge in [-0.2, -0.15) is 0 Å². The van der Waals surface area contributed by atoms with E-state index in [-0.39, 0.29) is 24.7 Å².